The minimum Gasteiger partial charge on any atom is -0.397 e. The Morgan fingerprint density at radius 2 is 2.15 bits per heavy atom. The molecule has 5 nitrogen and oxygen atoms in total. The maximum atomic E-state index is 11.5. The molecule has 6 heteroatoms. The van der Waals surface area contributed by atoms with Crippen LogP contribution in [0.5, 0.6) is 0 Å². The molecule has 2 aliphatic rings. The van der Waals surface area contributed by atoms with Crippen LogP contribution in [-0.2, 0) is 0 Å². The highest BCUT2D eigenvalue weighted by Crippen LogP contribution is 2.52. The molecule has 0 radical (unpaired) electrons. The zero-order chi connectivity index (χ0) is 14.3. The second kappa shape index (κ2) is 5.26. The van der Waals surface area contributed by atoms with E-state index in [0.29, 0.717) is 22.4 Å². The van der Waals surface area contributed by atoms with Crippen LogP contribution >= 0.6 is 11.3 Å². The van der Waals surface area contributed by atoms with E-state index < -0.39 is 5.91 Å². The highest BCUT2D eigenvalue weighted by Gasteiger charge is 2.35. The van der Waals surface area contributed by atoms with Crippen molar-refractivity contribution < 1.29 is 9.90 Å². The summed E-state index contributed by atoms with van der Waals surface area (Å²) in [5.74, 6) is 0.372. The van der Waals surface area contributed by atoms with Crippen molar-refractivity contribution in [3.8, 4) is 0 Å². The standard InChI is InChI=1S/C14H21N3O2S/c15-11-10(9-3-4-9)14(20-12(11)13(16)19)17-5-1-2-8(6-17)7-18/h8-9,18H,1-7,15H2,(H2,16,19). The molecule has 0 aromatic carbocycles. The van der Waals surface area contributed by atoms with E-state index in [1.165, 1.54) is 11.3 Å². The second-order valence-electron chi connectivity index (χ2n) is 5.84. The first-order chi connectivity index (χ1) is 9.61. The van der Waals surface area contributed by atoms with Gasteiger partial charge in [-0.15, -0.1) is 11.3 Å². The van der Waals surface area contributed by atoms with Crippen LogP contribution in [0.15, 0.2) is 0 Å². The van der Waals surface area contributed by atoms with Crippen molar-refractivity contribution in [3.05, 3.63) is 10.4 Å². The van der Waals surface area contributed by atoms with Crippen LogP contribution in [0, 0.1) is 5.92 Å². The van der Waals surface area contributed by atoms with E-state index >= 15 is 0 Å². The summed E-state index contributed by atoms with van der Waals surface area (Å²) < 4.78 is 0. The van der Waals surface area contributed by atoms with Crippen molar-refractivity contribution in [3.63, 3.8) is 0 Å². The van der Waals surface area contributed by atoms with Crippen LogP contribution in [0.1, 0.15) is 46.8 Å². The molecule has 2 heterocycles. The number of hydrogen-bond acceptors (Lipinski definition) is 5. The fraction of sp³-hybridized carbons (Fsp3) is 0.643. The lowest BCUT2D eigenvalue weighted by Gasteiger charge is -2.33. The molecule has 110 valence electrons. The third kappa shape index (κ3) is 2.38. The highest BCUT2D eigenvalue weighted by molar-refractivity contribution is 7.18. The van der Waals surface area contributed by atoms with Gasteiger partial charge in [-0.2, -0.15) is 0 Å². The number of rotatable bonds is 4. The topological polar surface area (TPSA) is 92.6 Å². The van der Waals surface area contributed by atoms with E-state index in [2.05, 4.69) is 4.90 Å². The maximum Gasteiger partial charge on any atom is 0.260 e. The Labute approximate surface area is 122 Å². The Bertz CT molecular complexity index is 525. The van der Waals surface area contributed by atoms with Gasteiger partial charge in [-0.3, -0.25) is 4.79 Å². The molecule has 1 amide bonds. The number of carbonyl (C=O) groups excluding carboxylic acids is 1. The fourth-order valence-corrected chi connectivity index (χ4v) is 4.22. The molecule has 1 aliphatic heterocycles. The Balaban J connectivity index is 1.95. The smallest absolute Gasteiger partial charge is 0.260 e. The van der Waals surface area contributed by atoms with Crippen molar-refractivity contribution in [1.29, 1.82) is 0 Å². The third-order valence-corrected chi connectivity index (χ3v) is 5.53. The molecule has 0 spiro atoms. The molecule has 2 fully saturated rings. The number of aliphatic hydroxyl groups excluding tert-OH is 1. The summed E-state index contributed by atoms with van der Waals surface area (Å²) >= 11 is 1.43. The van der Waals surface area contributed by atoms with Gasteiger partial charge in [0.25, 0.3) is 5.91 Å². The van der Waals surface area contributed by atoms with Crippen LogP contribution in [0.3, 0.4) is 0 Å². The number of nitrogen functional groups attached to an aromatic ring is 1. The summed E-state index contributed by atoms with van der Waals surface area (Å²) in [5, 5.41) is 10.5. The minimum absolute atomic E-state index is 0.221. The van der Waals surface area contributed by atoms with Gasteiger partial charge in [-0.05, 0) is 37.5 Å². The molecule has 1 aromatic rings. The van der Waals surface area contributed by atoms with Crippen LogP contribution in [-0.4, -0.2) is 30.7 Å². The first-order valence-electron chi connectivity index (χ1n) is 7.19. The molecule has 20 heavy (non-hydrogen) atoms. The van der Waals surface area contributed by atoms with E-state index in [0.717, 1.165) is 49.3 Å². The first kappa shape index (κ1) is 13.7. The number of nitrogens with zero attached hydrogens (tertiary/aromatic N) is 1. The SMILES string of the molecule is NC(=O)c1sc(N2CCCC(CO)C2)c(C2CC2)c1N. The van der Waals surface area contributed by atoms with Crippen LogP contribution < -0.4 is 16.4 Å². The summed E-state index contributed by atoms with van der Waals surface area (Å²) in [7, 11) is 0. The average Bonchev–Trinajstić information content (AvgIpc) is 3.22. The molecule has 0 bridgehead atoms. The van der Waals surface area contributed by atoms with Crippen LogP contribution in [0.2, 0.25) is 0 Å². The van der Waals surface area contributed by atoms with Gasteiger partial charge in [-0.25, -0.2) is 0 Å². The van der Waals surface area contributed by atoms with Gasteiger partial charge in [0.2, 0.25) is 0 Å². The summed E-state index contributed by atoms with van der Waals surface area (Å²) in [5.41, 5.74) is 13.3. The average molecular weight is 295 g/mol. The number of aliphatic hydroxyl groups is 1. The van der Waals surface area contributed by atoms with E-state index in [9.17, 15) is 9.90 Å². The Morgan fingerprint density at radius 1 is 1.40 bits per heavy atom. The van der Waals surface area contributed by atoms with E-state index in [-0.39, 0.29) is 6.61 Å². The van der Waals surface area contributed by atoms with Gasteiger partial charge < -0.3 is 21.5 Å². The van der Waals surface area contributed by atoms with Crippen molar-refractivity contribution in [1.82, 2.24) is 0 Å². The molecule has 1 unspecified atom stereocenters. The maximum absolute atomic E-state index is 11.5. The number of anilines is 2. The largest absolute Gasteiger partial charge is 0.397 e. The van der Waals surface area contributed by atoms with E-state index in [4.69, 9.17) is 11.5 Å². The van der Waals surface area contributed by atoms with Gasteiger partial charge >= 0.3 is 0 Å². The van der Waals surface area contributed by atoms with Crippen molar-refractivity contribution in [2.75, 3.05) is 30.3 Å². The number of thiophene rings is 1. The van der Waals surface area contributed by atoms with Gasteiger partial charge in [-0.1, -0.05) is 0 Å². The lowest BCUT2D eigenvalue weighted by Crippen LogP contribution is -2.36. The molecule has 1 saturated heterocycles. The monoisotopic (exact) mass is 295 g/mol. The highest BCUT2D eigenvalue weighted by atomic mass is 32.1. The summed E-state index contributed by atoms with van der Waals surface area (Å²) in [4.78, 5) is 14.3. The van der Waals surface area contributed by atoms with Gasteiger partial charge in [0, 0.05) is 25.3 Å². The second-order valence-corrected chi connectivity index (χ2v) is 6.84. The quantitative estimate of drug-likeness (QED) is 0.785. The number of amides is 1. The number of hydrogen-bond donors (Lipinski definition) is 3. The number of primary amides is 1. The van der Waals surface area contributed by atoms with Crippen molar-refractivity contribution in [2.45, 2.75) is 31.6 Å². The van der Waals surface area contributed by atoms with Crippen LogP contribution in [0.4, 0.5) is 10.7 Å². The first-order valence-corrected chi connectivity index (χ1v) is 8.01. The van der Waals surface area contributed by atoms with Crippen LogP contribution in [0.25, 0.3) is 0 Å². The minimum atomic E-state index is -0.434. The Hall–Kier alpha value is -1.27. The molecule has 1 saturated carbocycles. The zero-order valence-corrected chi connectivity index (χ0v) is 12.3. The Kier molecular flexibility index (Phi) is 3.60. The molecule has 3 rings (SSSR count). The fourth-order valence-electron chi connectivity index (χ4n) is 3.03. The lowest BCUT2D eigenvalue weighted by atomic mass is 9.98. The number of piperidine rings is 1. The van der Waals surface area contributed by atoms with E-state index in [1.54, 1.807) is 0 Å². The summed E-state index contributed by atoms with van der Waals surface area (Å²) in [6.45, 7) is 2.03. The summed E-state index contributed by atoms with van der Waals surface area (Å²) in [6.07, 6.45) is 4.42. The Morgan fingerprint density at radius 3 is 2.75 bits per heavy atom. The zero-order valence-electron chi connectivity index (χ0n) is 11.5. The summed E-state index contributed by atoms with van der Waals surface area (Å²) in [6, 6.07) is 0. The molecule has 1 aliphatic carbocycles. The van der Waals surface area contributed by atoms with Gasteiger partial charge in [0.15, 0.2) is 0 Å². The number of carbonyl (C=O) groups is 1. The van der Waals surface area contributed by atoms with Gasteiger partial charge in [0.1, 0.15) is 4.88 Å². The molecule has 5 N–H and O–H groups in total. The van der Waals surface area contributed by atoms with Crippen molar-refractivity contribution in [2.24, 2.45) is 11.7 Å². The normalized spacial score (nSPS) is 23.1. The lowest BCUT2D eigenvalue weighted by molar-refractivity contribution is 0.100. The van der Waals surface area contributed by atoms with Gasteiger partial charge in [0.05, 0.1) is 10.7 Å². The predicted octanol–water partition coefficient (Wildman–Crippen LogP) is 1.52. The third-order valence-electron chi connectivity index (χ3n) is 4.24. The molecule has 1 atom stereocenters. The predicted molar refractivity (Wildman–Crippen MR) is 81.2 cm³/mol. The molecule has 1 aromatic heterocycles. The van der Waals surface area contributed by atoms with E-state index in [1.807, 2.05) is 0 Å². The molecular formula is C14H21N3O2S. The molecular weight excluding hydrogens is 274 g/mol. The van der Waals surface area contributed by atoms with Crippen molar-refractivity contribution >= 4 is 27.9 Å². The number of nitrogens with two attached hydrogens (primary N) is 2.